The van der Waals surface area contributed by atoms with E-state index in [1.807, 2.05) is 0 Å². The quantitative estimate of drug-likeness (QED) is 0.642. The van der Waals surface area contributed by atoms with Crippen LogP contribution in [-0.4, -0.2) is 31.9 Å². The van der Waals surface area contributed by atoms with Crippen LogP contribution in [0.15, 0.2) is 6.20 Å². The molecule has 0 aliphatic rings. The zero-order valence-corrected chi connectivity index (χ0v) is 6.18. The zero-order chi connectivity index (χ0) is 9.30. The third-order valence-corrected chi connectivity index (χ3v) is 1.37. The van der Waals surface area contributed by atoms with Gasteiger partial charge < -0.3 is 10.2 Å². The number of carboxylic acid groups (broad SMARTS) is 2. The molecule has 1 rings (SSSR count). The monoisotopic (exact) mass is 170 g/mol. The minimum atomic E-state index is -1.30. The third-order valence-electron chi connectivity index (χ3n) is 1.37. The van der Waals surface area contributed by atoms with Gasteiger partial charge in [0.2, 0.25) is 0 Å². The van der Waals surface area contributed by atoms with Gasteiger partial charge in [0.1, 0.15) is 5.56 Å². The first-order valence-corrected chi connectivity index (χ1v) is 3.02. The Kier molecular flexibility index (Phi) is 1.82. The summed E-state index contributed by atoms with van der Waals surface area (Å²) in [7, 11) is 1.37. The van der Waals surface area contributed by atoms with Gasteiger partial charge in [0.05, 0.1) is 6.20 Å². The van der Waals surface area contributed by atoms with Crippen molar-refractivity contribution < 1.29 is 19.8 Å². The molecule has 0 saturated carbocycles. The van der Waals surface area contributed by atoms with E-state index in [1.165, 1.54) is 7.05 Å². The summed E-state index contributed by atoms with van der Waals surface area (Å²) in [5.74, 6) is -2.59. The van der Waals surface area contributed by atoms with Crippen molar-refractivity contribution in [2.24, 2.45) is 7.05 Å². The fourth-order valence-corrected chi connectivity index (χ4v) is 0.848. The van der Waals surface area contributed by atoms with Gasteiger partial charge in [-0.2, -0.15) is 5.10 Å². The first kappa shape index (κ1) is 8.25. The van der Waals surface area contributed by atoms with Gasteiger partial charge in [-0.15, -0.1) is 0 Å². The number of nitrogens with zero attached hydrogens (tertiary/aromatic N) is 2. The van der Waals surface area contributed by atoms with Crippen molar-refractivity contribution in [3.8, 4) is 0 Å². The molecule has 0 aliphatic heterocycles. The van der Waals surface area contributed by atoms with Crippen LogP contribution in [0.5, 0.6) is 0 Å². The molecule has 0 unspecified atom stereocenters. The van der Waals surface area contributed by atoms with Crippen LogP contribution in [0, 0.1) is 0 Å². The van der Waals surface area contributed by atoms with Crippen molar-refractivity contribution >= 4 is 11.9 Å². The molecule has 0 saturated heterocycles. The zero-order valence-electron chi connectivity index (χ0n) is 6.18. The van der Waals surface area contributed by atoms with Gasteiger partial charge in [0, 0.05) is 7.05 Å². The minimum Gasteiger partial charge on any atom is -0.478 e. The van der Waals surface area contributed by atoms with Crippen molar-refractivity contribution in [2.75, 3.05) is 0 Å². The van der Waals surface area contributed by atoms with E-state index in [2.05, 4.69) is 5.10 Å². The maximum atomic E-state index is 10.5. The van der Waals surface area contributed by atoms with E-state index in [4.69, 9.17) is 10.2 Å². The second-order valence-electron chi connectivity index (χ2n) is 2.14. The lowest BCUT2D eigenvalue weighted by Gasteiger charge is -1.95. The van der Waals surface area contributed by atoms with Crippen molar-refractivity contribution in [2.45, 2.75) is 0 Å². The van der Waals surface area contributed by atoms with Crippen molar-refractivity contribution in [1.29, 1.82) is 0 Å². The molecule has 1 heterocycles. The van der Waals surface area contributed by atoms with Gasteiger partial charge in [0.15, 0.2) is 5.69 Å². The molecule has 0 atom stereocenters. The Labute approximate surface area is 67.0 Å². The van der Waals surface area contributed by atoms with Crippen LogP contribution in [0.3, 0.4) is 0 Å². The van der Waals surface area contributed by atoms with Crippen LogP contribution in [0.25, 0.3) is 0 Å². The molecule has 2 N–H and O–H groups in total. The van der Waals surface area contributed by atoms with E-state index >= 15 is 0 Å². The predicted molar refractivity (Wildman–Crippen MR) is 37.1 cm³/mol. The SMILES string of the molecule is Cn1ncc(C(=O)O)c1C(=O)O. The van der Waals surface area contributed by atoms with E-state index in [-0.39, 0.29) is 11.3 Å². The predicted octanol–water partition coefficient (Wildman–Crippen LogP) is -0.184. The molecule has 6 heteroatoms. The maximum Gasteiger partial charge on any atom is 0.355 e. The van der Waals surface area contributed by atoms with E-state index in [9.17, 15) is 9.59 Å². The normalized spacial score (nSPS) is 9.75. The molecule has 6 nitrogen and oxygen atoms in total. The van der Waals surface area contributed by atoms with Crippen LogP contribution in [0.4, 0.5) is 0 Å². The van der Waals surface area contributed by atoms with Crippen molar-refractivity contribution in [3.63, 3.8) is 0 Å². The number of rotatable bonds is 2. The molecule has 12 heavy (non-hydrogen) atoms. The van der Waals surface area contributed by atoms with Crippen molar-refractivity contribution in [3.05, 3.63) is 17.5 Å². The summed E-state index contributed by atoms with van der Waals surface area (Å²) in [4.78, 5) is 20.9. The van der Waals surface area contributed by atoms with Crippen LogP contribution in [-0.2, 0) is 7.05 Å². The first-order chi connectivity index (χ1) is 5.54. The number of carbonyl (C=O) groups is 2. The second-order valence-corrected chi connectivity index (χ2v) is 2.14. The number of hydrogen-bond donors (Lipinski definition) is 2. The summed E-state index contributed by atoms with van der Waals surface area (Å²) in [6.45, 7) is 0. The second kappa shape index (κ2) is 2.65. The highest BCUT2D eigenvalue weighted by Crippen LogP contribution is 2.06. The molecule has 0 radical (unpaired) electrons. The molecule has 0 aliphatic carbocycles. The first-order valence-electron chi connectivity index (χ1n) is 3.02. The van der Waals surface area contributed by atoms with Crippen LogP contribution >= 0.6 is 0 Å². The Morgan fingerprint density at radius 1 is 1.42 bits per heavy atom. The molecule has 0 fully saturated rings. The average Bonchev–Trinajstić information content (AvgIpc) is 2.30. The van der Waals surface area contributed by atoms with Gasteiger partial charge in [-0.25, -0.2) is 9.59 Å². The summed E-state index contributed by atoms with van der Waals surface area (Å²) in [5, 5.41) is 20.6. The highest BCUT2D eigenvalue weighted by Gasteiger charge is 2.20. The largest absolute Gasteiger partial charge is 0.478 e. The molecule has 0 bridgehead atoms. The molecular weight excluding hydrogens is 164 g/mol. The lowest BCUT2D eigenvalue weighted by molar-refractivity contribution is 0.0644. The van der Waals surface area contributed by atoms with Gasteiger partial charge in [-0.05, 0) is 0 Å². The lowest BCUT2D eigenvalue weighted by atomic mass is 10.2. The lowest BCUT2D eigenvalue weighted by Crippen LogP contribution is -2.10. The standard InChI is InChI=1S/C6H6N2O4/c1-8-4(6(11)12)3(2-7-8)5(9)10/h2H,1H3,(H,9,10)(H,11,12). The Balaban J connectivity index is 3.31. The maximum absolute atomic E-state index is 10.5. The van der Waals surface area contributed by atoms with Gasteiger partial charge >= 0.3 is 11.9 Å². The van der Waals surface area contributed by atoms with Gasteiger partial charge in [-0.1, -0.05) is 0 Å². The van der Waals surface area contributed by atoms with Crippen LogP contribution in [0.2, 0.25) is 0 Å². The highest BCUT2D eigenvalue weighted by atomic mass is 16.4. The Morgan fingerprint density at radius 3 is 2.33 bits per heavy atom. The van der Waals surface area contributed by atoms with E-state index in [1.54, 1.807) is 0 Å². The fraction of sp³-hybridized carbons (Fsp3) is 0.167. The van der Waals surface area contributed by atoms with E-state index in [0.717, 1.165) is 10.9 Å². The topological polar surface area (TPSA) is 92.4 Å². The molecular formula is C6H6N2O4. The smallest absolute Gasteiger partial charge is 0.355 e. The summed E-state index contributed by atoms with van der Waals surface area (Å²) in [5.41, 5.74) is -0.618. The number of carboxylic acids is 2. The average molecular weight is 170 g/mol. The van der Waals surface area contributed by atoms with Gasteiger partial charge in [-0.3, -0.25) is 4.68 Å². The summed E-state index contributed by atoms with van der Waals surface area (Å²) in [6.07, 6.45) is 1.01. The van der Waals surface area contributed by atoms with E-state index in [0.29, 0.717) is 0 Å². The summed E-state index contributed by atoms with van der Waals surface area (Å²) >= 11 is 0. The fourth-order valence-electron chi connectivity index (χ4n) is 0.848. The number of hydrogen-bond acceptors (Lipinski definition) is 3. The van der Waals surface area contributed by atoms with E-state index < -0.39 is 11.9 Å². The van der Waals surface area contributed by atoms with Crippen LogP contribution in [0.1, 0.15) is 20.8 Å². The molecule has 0 aromatic carbocycles. The number of aromatic nitrogens is 2. The van der Waals surface area contributed by atoms with Crippen molar-refractivity contribution in [1.82, 2.24) is 9.78 Å². The third kappa shape index (κ3) is 1.14. The summed E-state index contributed by atoms with van der Waals surface area (Å²) in [6, 6.07) is 0. The molecule has 1 aromatic rings. The Morgan fingerprint density at radius 2 is 2.00 bits per heavy atom. The van der Waals surface area contributed by atoms with Gasteiger partial charge in [0.25, 0.3) is 0 Å². The minimum absolute atomic E-state index is 0.301. The molecule has 0 spiro atoms. The summed E-state index contributed by atoms with van der Waals surface area (Å²) < 4.78 is 1.01. The van der Waals surface area contributed by atoms with Crippen LogP contribution < -0.4 is 0 Å². The molecule has 0 amide bonds. The Hall–Kier alpha value is -1.85. The highest BCUT2D eigenvalue weighted by molar-refractivity contribution is 6.00. The number of aromatic carboxylic acids is 2. The Bertz CT molecular complexity index is 341. The molecule has 1 aromatic heterocycles. The molecule has 64 valence electrons. The number of aryl methyl sites for hydroxylation is 1.